The van der Waals surface area contributed by atoms with E-state index in [1.807, 2.05) is 24.3 Å². The van der Waals surface area contributed by atoms with E-state index in [1.165, 1.54) is 6.92 Å². The zero-order valence-corrected chi connectivity index (χ0v) is 14.2. The highest BCUT2D eigenvalue weighted by Crippen LogP contribution is 2.16. The van der Waals surface area contributed by atoms with Crippen LogP contribution in [0.15, 0.2) is 53.3 Å². The fourth-order valence-electron chi connectivity index (χ4n) is 2.90. The number of hydrogen-bond donors (Lipinski definition) is 1. The number of anilines is 1. The smallest absolute Gasteiger partial charge is 0.325 e. The van der Waals surface area contributed by atoms with Crippen LogP contribution in [0.4, 0.5) is 5.69 Å². The summed E-state index contributed by atoms with van der Waals surface area (Å²) in [5, 5.41) is 2.75. The fraction of sp³-hybridized carbons (Fsp3) is 0.211. The summed E-state index contributed by atoms with van der Waals surface area (Å²) in [7, 11) is 1.71. The Morgan fingerprint density at radius 3 is 2.36 bits per heavy atom. The van der Waals surface area contributed by atoms with Crippen LogP contribution in [0.1, 0.15) is 23.7 Å². The quantitative estimate of drug-likeness (QED) is 0.727. The molecule has 0 atom stereocenters. The molecule has 0 saturated carbocycles. The Bertz CT molecular complexity index is 1010. The van der Waals surface area contributed by atoms with Gasteiger partial charge in [-0.25, -0.2) is 4.79 Å². The summed E-state index contributed by atoms with van der Waals surface area (Å²) in [6.07, 6.45) is 0.139. The van der Waals surface area contributed by atoms with Gasteiger partial charge in [-0.15, -0.1) is 0 Å². The molecule has 128 valence electrons. The molecule has 2 aromatic carbocycles. The third-order valence-corrected chi connectivity index (χ3v) is 4.19. The molecule has 0 spiro atoms. The van der Waals surface area contributed by atoms with E-state index < -0.39 is 0 Å². The first kappa shape index (κ1) is 16.7. The van der Waals surface area contributed by atoms with E-state index in [1.54, 1.807) is 40.4 Å². The summed E-state index contributed by atoms with van der Waals surface area (Å²) in [4.78, 5) is 36.2. The van der Waals surface area contributed by atoms with E-state index in [2.05, 4.69) is 5.32 Å². The van der Waals surface area contributed by atoms with Crippen LogP contribution in [0.3, 0.4) is 0 Å². The maximum absolute atomic E-state index is 12.4. The molecular formula is C19H19N3O3. The maximum Gasteiger partial charge on any atom is 0.328 e. The summed E-state index contributed by atoms with van der Waals surface area (Å²) in [6.45, 7) is 1.73. The average Bonchev–Trinajstić information content (AvgIpc) is 2.85. The second kappa shape index (κ2) is 6.76. The SMILES string of the molecule is CC(=O)c1ccccc1NC(=O)CCn1c(=O)n(C)c2ccccc21. The zero-order chi connectivity index (χ0) is 18.0. The van der Waals surface area contributed by atoms with Gasteiger partial charge in [-0.05, 0) is 31.2 Å². The summed E-state index contributed by atoms with van der Waals surface area (Å²) in [5.74, 6) is -0.352. The van der Waals surface area contributed by atoms with Gasteiger partial charge in [-0.1, -0.05) is 24.3 Å². The Labute approximate surface area is 144 Å². The lowest BCUT2D eigenvalue weighted by Gasteiger charge is -2.09. The lowest BCUT2D eigenvalue weighted by Crippen LogP contribution is -2.24. The molecule has 6 heteroatoms. The fourth-order valence-corrected chi connectivity index (χ4v) is 2.90. The van der Waals surface area contributed by atoms with Gasteiger partial charge in [-0.3, -0.25) is 18.7 Å². The number of benzene rings is 2. The van der Waals surface area contributed by atoms with Gasteiger partial charge in [-0.2, -0.15) is 0 Å². The molecule has 1 aromatic heterocycles. The van der Waals surface area contributed by atoms with Gasteiger partial charge < -0.3 is 5.32 Å². The van der Waals surface area contributed by atoms with E-state index in [-0.39, 0.29) is 30.3 Å². The second-order valence-electron chi connectivity index (χ2n) is 5.88. The minimum Gasteiger partial charge on any atom is -0.325 e. The Hall–Kier alpha value is -3.15. The van der Waals surface area contributed by atoms with Crippen molar-refractivity contribution in [3.05, 3.63) is 64.6 Å². The summed E-state index contributed by atoms with van der Waals surface area (Å²) >= 11 is 0. The number of carbonyl (C=O) groups is 2. The van der Waals surface area contributed by atoms with Crippen LogP contribution in [-0.4, -0.2) is 20.8 Å². The van der Waals surface area contributed by atoms with Crippen molar-refractivity contribution < 1.29 is 9.59 Å². The van der Waals surface area contributed by atoms with E-state index in [9.17, 15) is 14.4 Å². The van der Waals surface area contributed by atoms with E-state index in [4.69, 9.17) is 0 Å². The molecule has 1 heterocycles. The van der Waals surface area contributed by atoms with Gasteiger partial charge in [0.25, 0.3) is 0 Å². The molecule has 1 amide bonds. The Morgan fingerprint density at radius 1 is 1.00 bits per heavy atom. The number of amides is 1. The summed E-state index contributed by atoms with van der Waals surface area (Å²) in [5.41, 5.74) is 2.43. The Kier molecular flexibility index (Phi) is 4.52. The van der Waals surface area contributed by atoms with Crippen LogP contribution in [0.25, 0.3) is 11.0 Å². The van der Waals surface area contributed by atoms with E-state index in [0.29, 0.717) is 11.3 Å². The number of fused-ring (bicyclic) bond motifs is 1. The van der Waals surface area contributed by atoms with Crippen LogP contribution in [-0.2, 0) is 18.4 Å². The summed E-state index contributed by atoms with van der Waals surface area (Å²) in [6, 6.07) is 14.3. The molecule has 0 aliphatic heterocycles. The van der Waals surface area contributed by atoms with Gasteiger partial charge in [0.05, 0.1) is 16.7 Å². The standard InChI is InChI=1S/C19H19N3O3/c1-13(23)14-7-3-4-8-15(14)20-18(24)11-12-22-17-10-6-5-9-16(17)21(2)19(22)25/h3-10H,11-12H2,1-2H3,(H,20,24). The lowest BCUT2D eigenvalue weighted by atomic mass is 10.1. The molecular weight excluding hydrogens is 318 g/mol. The Morgan fingerprint density at radius 2 is 1.64 bits per heavy atom. The average molecular weight is 337 g/mol. The highest BCUT2D eigenvalue weighted by Gasteiger charge is 2.13. The van der Waals surface area contributed by atoms with Crippen LogP contribution < -0.4 is 11.0 Å². The largest absolute Gasteiger partial charge is 0.328 e. The first-order valence-electron chi connectivity index (χ1n) is 8.03. The molecule has 0 radical (unpaired) electrons. The molecule has 1 N–H and O–H groups in total. The third-order valence-electron chi connectivity index (χ3n) is 4.19. The summed E-state index contributed by atoms with van der Waals surface area (Å²) < 4.78 is 3.16. The molecule has 0 unspecified atom stereocenters. The lowest BCUT2D eigenvalue weighted by molar-refractivity contribution is -0.116. The van der Waals surface area contributed by atoms with Crippen molar-refractivity contribution in [2.45, 2.75) is 19.9 Å². The van der Waals surface area contributed by atoms with Crippen molar-refractivity contribution in [3.8, 4) is 0 Å². The number of ketones is 1. The van der Waals surface area contributed by atoms with Crippen LogP contribution >= 0.6 is 0 Å². The number of rotatable bonds is 5. The predicted molar refractivity (Wildman–Crippen MR) is 96.9 cm³/mol. The van der Waals surface area contributed by atoms with Gasteiger partial charge in [0.1, 0.15) is 0 Å². The maximum atomic E-state index is 12.4. The number of imidazole rings is 1. The molecule has 0 saturated heterocycles. The molecule has 0 aliphatic rings. The number of aromatic nitrogens is 2. The number of nitrogens with one attached hydrogen (secondary N) is 1. The zero-order valence-electron chi connectivity index (χ0n) is 14.2. The highest BCUT2D eigenvalue weighted by molar-refractivity contribution is 6.03. The van der Waals surface area contributed by atoms with Crippen LogP contribution in [0, 0.1) is 0 Å². The molecule has 6 nitrogen and oxygen atoms in total. The minimum atomic E-state index is -0.242. The Balaban J connectivity index is 1.77. The highest BCUT2D eigenvalue weighted by atomic mass is 16.2. The first-order valence-corrected chi connectivity index (χ1v) is 8.03. The van der Waals surface area contributed by atoms with Gasteiger partial charge in [0.15, 0.2) is 5.78 Å². The number of para-hydroxylation sites is 3. The molecule has 0 bridgehead atoms. The number of carbonyl (C=O) groups excluding carboxylic acids is 2. The number of nitrogens with zero attached hydrogens (tertiary/aromatic N) is 2. The molecule has 3 rings (SSSR count). The first-order chi connectivity index (χ1) is 12.0. The van der Waals surface area contributed by atoms with Crippen molar-refractivity contribution in [1.82, 2.24) is 9.13 Å². The number of Topliss-reactive ketones (excluding diaryl/α,β-unsaturated/α-hetero) is 1. The van der Waals surface area contributed by atoms with E-state index in [0.717, 1.165) is 11.0 Å². The number of aryl methyl sites for hydroxylation is 2. The molecule has 25 heavy (non-hydrogen) atoms. The van der Waals surface area contributed by atoms with Crippen molar-refractivity contribution in [3.63, 3.8) is 0 Å². The van der Waals surface area contributed by atoms with Crippen LogP contribution in [0.2, 0.25) is 0 Å². The van der Waals surface area contributed by atoms with Crippen molar-refractivity contribution in [2.24, 2.45) is 7.05 Å². The van der Waals surface area contributed by atoms with Gasteiger partial charge in [0.2, 0.25) is 5.91 Å². The van der Waals surface area contributed by atoms with Crippen LogP contribution in [0.5, 0.6) is 0 Å². The van der Waals surface area contributed by atoms with Crippen molar-refractivity contribution >= 4 is 28.4 Å². The predicted octanol–water partition coefficient (Wildman–Crippen LogP) is 2.57. The monoisotopic (exact) mass is 337 g/mol. The molecule has 0 fully saturated rings. The molecule has 3 aromatic rings. The number of hydrogen-bond acceptors (Lipinski definition) is 3. The topological polar surface area (TPSA) is 73.1 Å². The van der Waals surface area contributed by atoms with E-state index >= 15 is 0 Å². The normalized spacial score (nSPS) is 10.8. The molecule has 0 aliphatic carbocycles. The van der Waals surface area contributed by atoms with Crippen molar-refractivity contribution in [1.29, 1.82) is 0 Å². The second-order valence-corrected chi connectivity index (χ2v) is 5.88. The van der Waals surface area contributed by atoms with Gasteiger partial charge >= 0.3 is 5.69 Å². The van der Waals surface area contributed by atoms with Crippen molar-refractivity contribution in [2.75, 3.05) is 5.32 Å². The van der Waals surface area contributed by atoms with Gasteiger partial charge in [0, 0.05) is 25.6 Å². The minimum absolute atomic E-state index is 0.110. The third kappa shape index (κ3) is 3.24.